The predicted octanol–water partition coefficient (Wildman–Crippen LogP) is 1.08. The molecule has 4 nitrogen and oxygen atoms in total. The molecule has 1 rings (SSSR count). The Morgan fingerprint density at radius 3 is 2.56 bits per heavy atom. The summed E-state index contributed by atoms with van der Waals surface area (Å²) in [6, 6.07) is 3.92. The number of ether oxygens (including phenoxy) is 1. The van der Waals surface area contributed by atoms with Gasteiger partial charge in [0.15, 0.2) is 0 Å². The number of rotatable bonds is 5. The van der Waals surface area contributed by atoms with Crippen molar-refractivity contribution in [2.45, 2.75) is 20.0 Å². The van der Waals surface area contributed by atoms with E-state index in [2.05, 4.69) is 5.32 Å². The van der Waals surface area contributed by atoms with E-state index in [1.165, 1.54) is 0 Å². The van der Waals surface area contributed by atoms with Gasteiger partial charge in [0.1, 0.15) is 5.75 Å². The highest BCUT2D eigenvalue weighted by atomic mass is 16.5. The zero-order valence-electron chi connectivity index (χ0n) is 9.95. The maximum absolute atomic E-state index is 9.24. The number of aryl methyl sites for hydroxylation is 2. The van der Waals surface area contributed by atoms with E-state index < -0.39 is 6.10 Å². The van der Waals surface area contributed by atoms with Crippen molar-refractivity contribution in [2.24, 2.45) is 0 Å². The van der Waals surface area contributed by atoms with Gasteiger partial charge in [-0.15, -0.1) is 0 Å². The monoisotopic (exact) mass is 225 g/mol. The smallest absolute Gasteiger partial charge is 0.122 e. The normalized spacial score (nSPS) is 12.3. The lowest BCUT2D eigenvalue weighted by Gasteiger charge is -2.15. The van der Waals surface area contributed by atoms with E-state index in [9.17, 15) is 5.11 Å². The number of aliphatic hydroxyl groups is 2. The summed E-state index contributed by atoms with van der Waals surface area (Å²) in [5.74, 6) is 0.853. The fraction of sp³-hybridized carbons (Fsp3) is 0.500. The maximum Gasteiger partial charge on any atom is 0.122 e. The van der Waals surface area contributed by atoms with E-state index in [4.69, 9.17) is 9.84 Å². The summed E-state index contributed by atoms with van der Waals surface area (Å²) < 4.78 is 5.21. The summed E-state index contributed by atoms with van der Waals surface area (Å²) in [7, 11) is 1.64. The molecule has 16 heavy (non-hydrogen) atoms. The summed E-state index contributed by atoms with van der Waals surface area (Å²) in [5.41, 5.74) is 3.03. The molecule has 0 radical (unpaired) electrons. The quantitative estimate of drug-likeness (QED) is 0.701. The average Bonchev–Trinajstić information content (AvgIpc) is 2.29. The van der Waals surface area contributed by atoms with Crippen molar-refractivity contribution in [3.63, 3.8) is 0 Å². The van der Waals surface area contributed by atoms with Gasteiger partial charge in [-0.1, -0.05) is 0 Å². The van der Waals surface area contributed by atoms with Gasteiger partial charge in [0.2, 0.25) is 0 Å². The molecule has 90 valence electrons. The minimum absolute atomic E-state index is 0.235. The van der Waals surface area contributed by atoms with Crippen molar-refractivity contribution < 1.29 is 14.9 Å². The fourth-order valence-corrected chi connectivity index (χ4v) is 1.49. The summed E-state index contributed by atoms with van der Waals surface area (Å²) in [6.07, 6.45) is -0.734. The topological polar surface area (TPSA) is 61.7 Å². The second-order valence-electron chi connectivity index (χ2n) is 3.85. The van der Waals surface area contributed by atoms with E-state index >= 15 is 0 Å². The van der Waals surface area contributed by atoms with E-state index in [0.29, 0.717) is 6.54 Å². The first kappa shape index (κ1) is 12.8. The molecule has 1 atom stereocenters. The number of aliphatic hydroxyl groups excluding tert-OH is 2. The molecule has 0 saturated heterocycles. The van der Waals surface area contributed by atoms with E-state index in [-0.39, 0.29) is 6.61 Å². The molecule has 0 aliphatic carbocycles. The molecule has 0 fully saturated rings. The third-order valence-corrected chi connectivity index (χ3v) is 2.48. The molecule has 0 saturated carbocycles. The molecule has 0 amide bonds. The van der Waals surface area contributed by atoms with Crippen LogP contribution in [-0.4, -0.2) is 36.6 Å². The van der Waals surface area contributed by atoms with Gasteiger partial charge in [0, 0.05) is 12.2 Å². The van der Waals surface area contributed by atoms with Crippen LogP contribution in [0.4, 0.5) is 5.69 Å². The van der Waals surface area contributed by atoms with E-state index in [1.54, 1.807) is 7.11 Å². The summed E-state index contributed by atoms with van der Waals surface area (Å²) in [4.78, 5) is 0. The van der Waals surface area contributed by atoms with Gasteiger partial charge in [-0.05, 0) is 37.1 Å². The van der Waals surface area contributed by atoms with Gasteiger partial charge in [0.25, 0.3) is 0 Å². The van der Waals surface area contributed by atoms with Crippen LogP contribution >= 0.6 is 0 Å². The van der Waals surface area contributed by atoms with Crippen molar-refractivity contribution in [1.82, 2.24) is 0 Å². The Balaban J connectivity index is 2.77. The van der Waals surface area contributed by atoms with E-state index in [1.807, 2.05) is 26.0 Å². The maximum atomic E-state index is 9.24. The molecular formula is C12H19NO3. The van der Waals surface area contributed by atoms with Crippen molar-refractivity contribution >= 4 is 5.69 Å². The van der Waals surface area contributed by atoms with Crippen LogP contribution in [0, 0.1) is 13.8 Å². The molecule has 0 spiro atoms. The third kappa shape index (κ3) is 3.12. The Bertz CT molecular complexity index is 352. The molecule has 3 N–H and O–H groups in total. The lowest BCUT2D eigenvalue weighted by atomic mass is 10.1. The summed E-state index contributed by atoms with van der Waals surface area (Å²) in [5, 5.41) is 21.0. The van der Waals surface area contributed by atoms with Crippen LogP contribution in [0.15, 0.2) is 12.1 Å². The lowest BCUT2D eigenvalue weighted by molar-refractivity contribution is 0.105. The minimum atomic E-state index is -0.734. The van der Waals surface area contributed by atoms with Gasteiger partial charge < -0.3 is 20.3 Å². The summed E-state index contributed by atoms with van der Waals surface area (Å²) >= 11 is 0. The molecule has 0 aliphatic rings. The number of benzene rings is 1. The van der Waals surface area contributed by atoms with Crippen LogP contribution in [0.25, 0.3) is 0 Å². The zero-order valence-corrected chi connectivity index (χ0v) is 9.95. The van der Waals surface area contributed by atoms with Crippen LogP contribution in [0.3, 0.4) is 0 Å². The average molecular weight is 225 g/mol. The van der Waals surface area contributed by atoms with Crippen LogP contribution in [0.2, 0.25) is 0 Å². The highest BCUT2D eigenvalue weighted by Gasteiger charge is 2.06. The molecule has 1 aromatic carbocycles. The van der Waals surface area contributed by atoms with Gasteiger partial charge in [-0.25, -0.2) is 0 Å². The SMILES string of the molecule is COc1cc(C)c(NCC(O)CO)cc1C. The highest BCUT2D eigenvalue weighted by Crippen LogP contribution is 2.25. The molecule has 0 heterocycles. The van der Waals surface area contributed by atoms with Crippen LogP contribution in [0.5, 0.6) is 5.75 Å². The Kier molecular flexibility index (Phi) is 4.58. The minimum Gasteiger partial charge on any atom is -0.496 e. The first-order valence-electron chi connectivity index (χ1n) is 5.26. The molecule has 0 bridgehead atoms. The molecule has 1 aromatic rings. The number of hydrogen-bond acceptors (Lipinski definition) is 4. The van der Waals surface area contributed by atoms with Gasteiger partial charge in [-0.2, -0.15) is 0 Å². The first-order chi connectivity index (χ1) is 7.58. The first-order valence-corrected chi connectivity index (χ1v) is 5.26. The molecule has 0 aromatic heterocycles. The van der Waals surface area contributed by atoms with Gasteiger partial charge >= 0.3 is 0 Å². The Morgan fingerprint density at radius 2 is 2.00 bits per heavy atom. The van der Waals surface area contributed by atoms with E-state index in [0.717, 1.165) is 22.6 Å². The Hall–Kier alpha value is -1.26. The third-order valence-electron chi connectivity index (χ3n) is 2.48. The van der Waals surface area contributed by atoms with Crippen molar-refractivity contribution in [2.75, 3.05) is 25.6 Å². The van der Waals surface area contributed by atoms with Crippen LogP contribution < -0.4 is 10.1 Å². The highest BCUT2D eigenvalue weighted by molar-refractivity contribution is 5.57. The fourth-order valence-electron chi connectivity index (χ4n) is 1.49. The van der Waals surface area contributed by atoms with Crippen LogP contribution in [0.1, 0.15) is 11.1 Å². The zero-order chi connectivity index (χ0) is 12.1. The molecule has 1 unspecified atom stereocenters. The number of methoxy groups -OCH3 is 1. The standard InChI is InChI=1S/C12H19NO3/c1-8-5-12(16-3)9(2)4-11(8)13-6-10(15)7-14/h4-5,10,13-15H,6-7H2,1-3H3. The number of nitrogens with one attached hydrogen (secondary N) is 1. The second kappa shape index (κ2) is 5.72. The van der Waals surface area contributed by atoms with Crippen molar-refractivity contribution in [1.29, 1.82) is 0 Å². The lowest BCUT2D eigenvalue weighted by Crippen LogP contribution is -2.23. The molecule has 4 heteroatoms. The van der Waals surface area contributed by atoms with Crippen molar-refractivity contribution in [3.05, 3.63) is 23.3 Å². The number of hydrogen-bond donors (Lipinski definition) is 3. The molecule has 0 aliphatic heterocycles. The van der Waals surface area contributed by atoms with Crippen molar-refractivity contribution in [3.8, 4) is 5.75 Å². The van der Waals surface area contributed by atoms with Gasteiger partial charge in [0.05, 0.1) is 19.8 Å². The number of anilines is 1. The summed E-state index contributed by atoms with van der Waals surface area (Å²) in [6.45, 7) is 4.03. The Labute approximate surface area is 95.9 Å². The second-order valence-corrected chi connectivity index (χ2v) is 3.85. The largest absolute Gasteiger partial charge is 0.496 e. The predicted molar refractivity (Wildman–Crippen MR) is 64.1 cm³/mol. The van der Waals surface area contributed by atoms with Gasteiger partial charge in [-0.3, -0.25) is 0 Å². The molecular weight excluding hydrogens is 206 g/mol. The Morgan fingerprint density at radius 1 is 1.31 bits per heavy atom. The van der Waals surface area contributed by atoms with Crippen LogP contribution in [-0.2, 0) is 0 Å².